The van der Waals surface area contributed by atoms with Crippen LogP contribution in [0.1, 0.15) is 12.8 Å². The number of halogens is 1. The molecular formula is C10H12ClN5O. The second-order valence-corrected chi connectivity index (χ2v) is 4.81. The van der Waals surface area contributed by atoms with Crippen molar-refractivity contribution in [2.45, 2.75) is 18.2 Å². The number of aromatic amines is 1. The topological polar surface area (TPSA) is 66.3 Å². The van der Waals surface area contributed by atoms with E-state index in [0.29, 0.717) is 5.65 Å². The van der Waals surface area contributed by atoms with Crippen molar-refractivity contribution in [2.24, 2.45) is 0 Å². The lowest BCUT2D eigenvalue weighted by molar-refractivity contribution is 0.579. The first kappa shape index (κ1) is 10.6. The predicted molar refractivity (Wildman–Crippen MR) is 64.7 cm³/mol. The van der Waals surface area contributed by atoms with Crippen molar-refractivity contribution in [1.29, 1.82) is 0 Å². The second-order valence-electron chi connectivity index (χ2n) is 4.19. The maximum Gasteiger partial charge on any atom is 0.348 e. The summed E-state index contributed by atoms with van der Waals surface area (Å²) in [4.78, 5) is 17.7. The van der Waals surface area contributed by atoms with Crippen molar-refractivity contribution in [3.8, 4) is 0 Å². The molecule has 1 aliphatic rings. The Morgan fingerprint density at radius 3 is 3.24 bits per heavy atom. The molecule has 0 bridgehead atoms. The number of H-pyrrole nitrogens is 1. The molecule has 1 fully saturated rings. The Morgan fingerprint density at radius 2 is 2.41 bits per heavy atom. The van der Waals surface area contributed by atoms with E-state index < -0.39 is 0 Å². The fourth-order valence-electron chi connectivity index (χ4n) is 2.11. The fourth-order valence-corrected chi connectivity index (χ4v) is 2.43. The van der Waals surface area contributed by atoms with E-state index >= 15 is 0 Å². The van der Waals surface area contributed by atoms with E-state index in [1.54, 1.807) is 6.07 Å². The van der Waals surface area contributed by atoms with Crippen molar-refractivity contribution < 1.29 is 0 Å². The second kappa shape index (κ2) is 4.03. The molecule has 0 amide bonds. The van der Waals surface area contributed by atoms with E-state index in [2.05, 4.69) is 20.1 Å². The zero-order chi connectivity index (χ0) is 11.8. The zero-order valence-electron chi connectivity index (χ0n) is 9.14. The molecule has 0 saturated carbocycles. The molecule has 1 unspecified atom stereocenters. The first-order valence-electron chi connectivity index (χ1n) is 5.56. The molecule has 6 nitrogen and oxygen atoms in total. The summed E-state index contributed by atoms with van der Waals surface area (Å²) >= 11 is 6.14. The number of fused-ring (bicyclic) bond motifs is 1. The van der Waals surface area contributed by atoms with Gasteiger partial charge in [0.1, 0.15) is 12.1 Å². The summed E-state index contributed by atoms with van der Waals surface area (Å²) in [5.41, 5.74) is 0.310. The lowest BCUT2D eigenvalue weighted by Crippen LogP contribution is -2.36. The molecule has 0 spiro atoms. The van der Waals surface area contributed by atoms with Crippen LogP contribution in [0.4, 0.5) is 5.82 Å². The standard InChI is InChI=1S/C10H12ClN5O/c11-7-2-1-3-15(5-7)8-4-9-13-14-10(17)16(9)6-12-8/h4,6-7H,1-3,5H2,(H,14,17). The minimum atomic E-state index is -0.270. The lowest BCUT2D eigenvalue weighted by Gasteiger charge is -2.30. The normalized spacial score (nSPS) is 21.0. The van der Waals surface area contributed by atoms with Gasteiger partial charge in [-0.1, -0.05) is 0 Å². The number of nitrogens with one attached hydrogen (secondary N) is 1. The van der Waals surface area contributed by atoms with Gasteiger partial charge in [-0.15, -0.1) is 11.6 Å². The minimum absolute atomic E-state index is 0.170. The molecule has 0 aliphatic carbocycles. The Bertz CT molecular complexity index is 592. The largest absolute Gasteiger partial charge is 0.355 e. The van der Waals surface area contributed by atoms with E-state index in [9.17, 15) is 4.79 Å². The van der Waals surface area contributed by atoms with E-state index in [0.717, 1.165) is 31.7 Å². The zero-order valence-corrected chi connectivity index (χ0v) is 9.89. The minimum Gasteiger partial charge on any atom is -0.355 e. The summed E-state index contributed by atoms with van der Waals surface area (Å²) in [5, 5.41) is 6.48. The average Bonchev–Trinajstić information content (AvgIpc) is 2.71. The van der Waals surface area contributed by atoms with Crippen LogP contribution >= 0.6 is 11.6 Å². The first-order valence-corrected chi connectivity index (χ1v) is 5.99. The quantitative estimate of drug-likeness (QED) is 0.757. The molecule has 7 heteroatoms. The van der Waals surface area contributed by atoms with Gasteiger partial charge in [0.15, 0.2) is 5.65 Å². The molecule has 0 aromatic carbocycles. The SMILES string of the molecule is O=c1[nH]nc2cc(N3CCCC(Cl)C3)ncn12. The van der Waals surface area contributed by atoms with Crippen LogP contribution in [0.15, 0.2) is 17.2 Å². The van der Waals surface area contributed by atoms with E-state index in [1.807, 2.05) is 0 Å². The highest BCUT2D eigenvalue weighted by molar-refractivity contribution is 6.21. The van der Waals surface area contributed by atoms with Gasteiger partial charge in [0, 0.05) is 19.2 Å². The third kappa shape index (κ3) is 1.88. The Balaban J connectivity index is 1.97. The maximum absolute atomic E-state index is 11.3. The van der Waals surface area contributed by atoms with Gasteiger partial charge in [0.05, 0.1) is 5.38 Å². The van der Waals surface area contributed by atoms with Crippen molar-refractivity contribution in [3.63, 3.8) is 0 Å². The van der Waals surface area contributed by atoms with Crippen LogP contribution in [-0.4, -0.2) is 38.0 Å². The highest BCUT2D eigenvalue weighted by Gasteiger charge is 2.19. The number of rotatable bonds is 1. The molecule has 90 valence electrons. The van der Waals surface area contributed by atoms with Crippen molar-refractivity contribution in [3.05, 3.63) is 22.9 Å². The molecule has 1 atom stereocenters. The Hall–Kier alpha value is -1.56. The predicted octanol–water partition coefficient (Wildman–Crippen LogP) is 0.625. The summed E-state index contributed by atoms with van der Waals surface area (Å²) in [7, 11) is 0. The van der Waals surface area contributed by atoms with Crippen LogP contribution in [0.25, 0.3) is 5.65 Å². The highest BCUT2D eigenvalue weighted by atomic mass is 35.5. The van der Waals surface area contributed by atoms with Gasteiger partial charge in [0.25, 0.3) is 0 Å². The maximum atomic E-state index is 11.3. The number of piperidine rings is 1. The van der Waals surface area contributed by atoms with E-state index in [4.69, 9.17) is 11.6 Å². The molecule has 1 saturated heterocycles. The monoisotopic (exact) mass is 253 g/mol. The lowest BCUT2D eigenvalue weighted by atomic mass is 10.1. The van der Waals surface area contributed by atoms with Gasteiger partial charge >= 0.3 is 5.69 Å². The van der Waals surface area contributed by atoms with Gasteiger partial charge in [-0.25, -0.2) is 19.3 Å². The molecule has 2 aromatic heterocycles. The molecule has 1 N–H and O–H groups in total. The van der Waals surface area contributed by atoms with Gasteiger partial charge in [-0.05, 0) is 12.8 Å². The number of nitrogens with zero attached hydrogens (tertiary/aromatic N) is 4. The first-order chi connectivity index (χ1) is 8.24. The van der Waals surface area contributed by atoms with Crippen LogP contribution in [0.5, 0.6) is 0 Å². The third-order valence-electron chi connectivity index (χ3n) is 2.98. The van der Waals surface area contributed by atoms with Crippen LogP contribution in [-0.2, 0) is 0 Å². The summed E-state index contributed by atoms with van der Waals surface area (Å²) in [6.45, 7) is 1.74. The summed E-state index contributed by atoms with van der Waals surface area (Å²) in [5.74, 6) is 0.821. The molecule has 2 aromatic rings. The molecule has 0 radical (unpaired) electrons. The molecule has 3 rings (SSSR count). The van der Waals surface area contributed by atoms with Gasteiger partial charge in [-0.3, -0.25) is 0 Å². The van der Waals surface area contributed by atoms with E-state index in [1.165, 1.54) is 10.7 Å². The molecule has 17 heavy (non-hydrogen) atoms. The van der Waals surface area contributed by atoms with Gasteiger partial charge in [0.2, 0.25) is 0 Å². The fraction of sp³-hybridized carbons (Fsp3) is 0.500. The number of hydrogen-bond donors (Lipinski definition) is 1. The Morgan fingerprint density at radius 1 is 1.53 bits per heavy atom. The Kier molecular flexibility index (Phi) is 2.51. The summed E-state index contributed by atoms with van der Waals surface area (Å²) in [6.07, 6.45) is 3.60. The van der Waals surface area contributed by atoms with Crippen molar-refractivity contribution in [2.75, 3.05) is 18.0 Å². The van der Waals surface area contributed by atoms with Crippen LogP contribution < -0.4 is 10.6 Å². The smallest absolute Gasteiger partial charge is 0.348 e. The molecule has 3 heterocycles. The van der Waals surface area contributed by atoms with Gasteiger partial charge < -0.3 is 4.90 Å². The number of hydrogen-bond acceptors (Lipinski definition) is 4. The van der Waals surface area contributed by atoms with Gasteiger partial charge in [-0.2, -0.15) is 5.10 Å². The van der Waals surface area contributed by atoms with Crippen molar-refractivity contribution in [1.82, 2.24) is 19.6 Å². The summed E-state index contributed by atoms with van der Waals surface area (Å²) < 4.78 is 1.38. The van der Waals surface area contributed by atoms with Crippen molar-refractivity contribution >= 4 is 23.1 Å². The third-order valence-corrected chi connectivity index (χ3v) is 3.34. The molecule has 1 aliphatic heterocycles. The number of anilines is 1. The average molecular weight is 254 g/mol. The number of aromatic nitrogens is 4. The Labute approximate surface area is 102 Å². The van der Waals surface area contributed by atoms with Crippen LogP contribution in [0.3, 0.4) is 0 Å². The van der Waals surface area contributed by atoms with Crippen LogP contribution in [0.2, 0.25) is 0 Å². The number of alkyl halides is 1. The molecular weight excluding hydrogens is 242 g/mol. The highest BCUT2D eigenvalue weighted by Crippen LogP contribution is 2.20. The van der Waals surface area contributed by atoms with E-state index in [-0.39, 0.29) is 11.1 Å². The summed E-state index contributed by atoms with van der Waals surface area (Å²) in [6, 6.07) is 1.80. The van der Waals surface area contributed by atoms with Crippen LogP contribution in [0, 0.1) is 0 Å².